The molecule has 0 saturated heterocycles. The van der Waals surface area contributed by atoms with Gasteiger partial charge in [0.15, 0.2) is 5.96 Å². The highest BCUT2D eigenvalue weighted by atomic mass is 127. The molecule has 0 saturated carbocycles. The van der Waals surface area contributed by atoms with E-state index in [1.807, 2.05) is 24.3 Å². The van der Waals surface area contributed by atoms with Gasteiger partial charge >= 0.3 is 6.18 Å². The van der Waals surface area contributed by atoms with Crippen molar-refractivity contribution in [2.45, 2.75) is 19.1 Å². The second-order valence-electron chi connectivity index (χ2n) is 4.51. The largest absolute Gasteiger partial charge is 0.496 e. The van der Waals surface area contributed by atoms with Crippen LogP contribution in [0.4, 0.5) is 13.2 Å². The minimum absolute atomic E-state index is 0. The third-order valence-corrected chi connectivity index (χ3v) is 2.86. The first-order valence-corrected chi connectivity index (χ1v) is 6.48. The van der Waals surface area contributed by atoms with Gasteiger partial charge in [0.1, 0.15) is 5.75 Å². The molecule has 0 fully saturated rings. The number of nitrogens with one attached hydrogen (secondary N) is 1. The Labute approximate surface area is 145 Å². The molecule has 0 aliphatic rings. The summed E-state index contributed by atoms with van der Waals surface area (Å²) in [7, 11) is 4.87. The molecule has 126 valence electrons. The van der Waals surface area contributed by atoms with Gasteiger partial charge in [-0.05, 0) is 6.07 Å². The molecular formula is C14H21F3IN3O. The number of aliphatic imine (C=N–C) groups is 1. The van der Waals surface area contributed by atoms with Crippen LogP contribution in [0.25, 0.3) is 0 Å². The number of hydrogen-bond donors (Lipinski definition) is 1. The molecule has 1 aromatic rings. The van der Waals surface area contributed by atoms with Crippen LogP contribution in [0.1, 0.15) is 12.0 Å². The molecule has 8 heteroatoms. The number of para-hydroxylation sites is 1. The Morgan fingerprint density at radius 2 is 1.95 bits per heavy atom. The Bertz CT molecular complexity index is 481. The van der Waals surface area contributed by atoms with Gasteiger partial charge < -0.3 is 15.0 Å². The average molecular weight is 431 g/mol. The lowest BCUT2D eigenvalue weighted by atomic mass is 10.2. The lowest BCUT2D eigenvalue weighted by Gasteiger charge is -2.23. The molecule has 22 heavy (non-hydrogen) atoms. The predicted octanol–water partition coefficient (Wildman–Crippen LogP) is 3.27. The van der Waals surface area contributed by atoms with E-state index in [-0.39, 0.29) is 30.5 Å². The first kappa shape index (κ1) is 20.8. The Balaban J connectivity index is 0.00000441. The summed E-state index contributed by atoms with van der Waals surface area (Å²) in [6, 6.07) is 7.48. The SMILES string of the molecule is CN=C(NCCC(F)(F)F)N(C)Cc1ccccc1OC.I. The number of ether oxygens (including phenoxy) is 1. The number of alkyl halides is 3. The monoisotopic (exact) mass is 431 g/mol. The van der Waals surface area contributed by atoms with Crippen LogP contribution in [-0.4, -0.2) is 44.8 Å². The lowest BCUT2D eigenvalue weighted by Crippen LogP contribution is -2.39. The number of rotatable bonds is 5. The molecule has 0 heterocycles. The summed E-state index contributed by atoms with van der Waals surface area (Å²) >= 11 is 0. The van der Waals surface area contributed by atoms with E-state index < -0.39 is 12.6 Å². The van der Waals surface area contributed by atoms with Gasteiger partial charge in [-0.3, -0.25) is 4.99 Å². The maximum absolute atomic E-state index is 12.1. The van der Waals surface area contributed by atoms with Crippen LogP contribution in [0.5, 0.6) is 5.75 Å². The third-order valence-electron chi connectivity index (χ3n) is 2.86. The summed E-state index contributed by atoms with van der Waals surface area (Å²) in [4.78, 5) is 5.73. The molecule has 1 rings (SSSR count). The van der Waals surface area contributed by atoms with Gasteiger partial charge in [-0.1, -0.05) is 18.2 Å². The summed E-state index contributed by atoms with van der Waals surface area (Å²) in [5.74, 6) is 1.14. The van der Waals surface area contributed by atoms with E-state index in [0.29, 0.717) is 12.5 Å². The highest BCUT2D eigenvalue weighted by molar-refractivity contribution is 14.0. The van der Waals surface area contributed by atoms with Crippen molar-refractivity contribution in [2.24, 2.45) is 4.99 Å². The van der Waals surface area contributed by atoms with Crippen molar-refractivity contribution < 1.29 is 17.9 Å². The van der Waals surface area contributed by atoms with Crippen LogP contribution in [0, 0.1) is 0 Å². The summed E-state index contributed by atoms with van der Waals surface area (Å²) in [6.07, 6.45) is -5.07. The zero-order valence-corrected chi connectivity index (χ0v) is 15.1. The summed E-state index contributed by atoms with van der Waals surface area (Å²) < 4.78 is 41.7. The van der Waals surface area contributed by atoms with Crippen molar-refractivity contribution in [1.82, 2.24) is 10.2 Å². The van der Waals surface area contributed by atoms with E-state index in [2.05, 4.69) is 10.3 Å². The number of benzene rings is 1. The topological polar surface area (TPSA) is 36.9 Å². The normalized spacial score (nSPS) is 11.6. The Kier molecular flexibility index (Phi) is 9.22. The molecule has 1 aromatic carbocycles. The molecule has 4 nitrogen and oxygen atoms in total. The van der Waals surface area contributed by atoms with Crippen LogP contribution in [0.3, 0.4) is 0 Å². The zero-order chi connectivity index (χ0) is 15.9. The number of nitrogens with zero attached hydrogens (tertiary/aromatic N) is 2. The minimum Gasteiger partial charge on any atom is -0.496 e. The first-order valence-electron chi connectivity index (χ1n) is 6.48. The van der Waals surface area contributed by atoms with Crippen molar-refractivity contribution >= 4 is 29.9 Å². The van der Waals surface area contributed by atoms with Crippen molar-refractivity contribution in [3.63, 3.8) is 0 Å². The molecule has 0 aliphatic heterocycles. The number of guanidine groups is 1. The quantitative estimate of drug-likeness (QED) is 0.442. The number of methoxy groups -OCH3 is 1. The molecule has 0 unspecified atom stereocenters. The Hall–Kier alpha value is -1.19. The molecule has 0 aliphatic carbocycles. The molecule has 0 amide bonds. The summed E-state index contributed by atoms with van der Waals surface area (Å²) in [5.41, 5.74) is 0.932. The lowest BCUT2D eigenvalue weighted by molar-refractivity contribution is -0.132. The smallest absolute Gasteiger partial charge is 0.390 e. The van der Waals surface area contributed by atoms with E-state index in [4.69, 9.17) is 4.74 Å². The van der Waals surface area contributed by atoms with Crippen LogP contribution < -0.4 is 10.1 Å². The predicted molar refractivity (Wildman–Crippen MR) is 91.9 cm³/mol. The van der Waals surface area contributed by atoms with Crippen molar-refractivity contribution in [3.05, 3.63) is 29.8 Å². The van der Waals surface area contributed by atoms with Gasteiger partial charge in [-0.15, -0.1) is 24.0 Å². The highest BCUT2D eigenvalue weighted by Gasteiger charge is 2.26. The fraction of sp³-hybridized carbons (Fsp3) is 0.500. The van der Waals surface area contributed by atoms with E-state index in [0.717, 1.165) is 11.3 Å². The molecule has 0 bridgehead atoms. The summed E-state index contributed by atoms with van der Waals surface area (Å²) in [6.45, 7) is 0.280. The molecular weight excluding hydrogens is 410 g/mol. The highest BCUT2D eigenvalue weighted by Crippen LogP contribution is 2.19. The molecule has 0 radical (unpaired) electrons. The average Bonchev–Trinajstić information content (AvgIpc) is 2.43. The van der Waals surface area contributed by atoms with Gasteiger partial charge in [-0.2, -0.15) is 13.2 Å². The van der Waals surface area contributed by atoms with Crippen LogP contribution in [0.2, 0.25) is 0 Å². The van der Waals surface area contributed by atoms with Crippen LogP contribution in [0.15, 0.2) is 29.3 Å². The summed E-state index contributed by atoms with van der Waals surface area (Å²) in [5, 5.41) is 2.70. The molecule has 0 aromatic heterocycles. The second-order valence-corrected chi connectivity index (χ2v) is 4.51. The van der Waals surface area contributed by atoms with Crippen molar-refractivity contribution in [3.8, 4) is 5.75 Å². The van der Waals surface area contributed by atoms with E-state index in [1.54, 1.807) is 19.1 Å². The fourth-order valence-electron chi connectivity index (χ4n) is 1.86. The maximum atomic E-state index is 12.1. The van der Waals surface area contributed by atoms with Gasteiger partial charge in [0.25, 0.3) is 0 Å². The van der Waals surface area contributed by atoms with Crippen molar-refractivity contribution in [1.29, 1.82) is 0 Å². The van der Waals surface area contributed by atoms with Crippen LogP contribution in [-0.2, 0) is 6.54 Å². The second kappa shape index (κ2) is 9.75. The number of halogens is 4. The maximum Gasteiger partial charge on any atom is 0.390 e. The van der Waals surface area contributed by atoms with Gasteiger partial charge in [0, 0.05) is 32.7 Å². The van der Waals surface area contributed by atoms with E-state index >= 15 is 0 Å². The van der Waals surface area contributed by atoms with Gasteiger partial charge in [0.2, 0.25) is 0 Å². The number of hydrogen-bond acceptors (Lipinski definition) is 2. The van der Waals surface area contributed by atoms with E-state index in [1.165, 1.54) is 7.05 Å². The Morgan fingerprint density at radius 3 is 2.50 bits per heavy atom. The molecule has 0 atom stereocenters. The van der Waals surface area contributed by atoms with Crippen LogP contribution >= 0.6 is 24.0 Å². The van der Waals surface area contributed by atoms with E-state index in [9.17, 15) is 13.2 Å². The molecule has 0 spiro atoms. The Morgan fingerprint density at radius 1 is 1.32 bits per heavy atom. The van der Waals surface area contributed by atoms with Crippen molar-refractivity contribution in [2.75, 3.05) is 27.7 Å². The zero-order valence-electron chi connectivity index (χ0n) is 12.8. The minimum atomic E-state index is -4.17. The molecule has 1 N–H and O–H groups in total. The first-order chi connectivity index (χ1) is 9.87. The fourth-order valence-corrected chi connectivity index (χ4v) is 1.86. The van der Waals surface area contributed by atoms with Gasteiger partial charge in [0.05, 0.1) is 13.5 Å². The standard InChI is InChI=1S/C14H20F3N3O.HI/c1-18-13(19-9-8-14(15,16)17)20(2)10-11-6-4-5-7-12(11)21-3;/h4-7H,8-10H2,1-3H3,(H,18,19);1H. The third kappa shape index (κ3) is 7.19. The van der Waals surface area contributed by atoms with Gasteiger partial charge in [-0.25, -0.2) is 0 Å².